The largest absolute Gasteiger partial charge is 0.483 e. The summed E-state index contributed by atoms with van der Waals surface area (Å²) in [5.74, 6) is 0.524. The molecule has 1 aromatic heterocycles. The Kier molecular flexibility index (Phi) is 5.08. The molecule has 1 amide bonds. The molecule has 0 radical (unpaired) electrons. The van der Waals surface area contributed by atoms with Crippen molar-refractivity contribution in [1.82, 2.24) is 4.90 Å². The van der Waals surface area contributed by atoms with Gasteiger partial charge in [-0.2, -0.15) is 5.26 Å². The maximum atomic E-state index is 12.4. The summed E-state index contributed by atoms with van der Waals surface area (Å²) < 4.78 is 11.4. The van der Waals surface area contributed by atoms with Crippen molar-refractivity contribution in [2.45, 2.75) is 45.4 Å². The monoisotopic (exact) mass is 380 g/mol. The summed E-state index contributed by atoms with van der Waals surface area (Å²) in [7, 11) is 0. The van der Waals surface area contributed by atoms with Gasteiger partial charge in [-0.1, -0.05) is 0 Å². The summed E-state index contributed by atoms with van der Waals surface area (Å²) in [5, 5.41) is 9.95. The van der Waals surface area contributed by atoms with E-state index >= 15 is 0 Å². The number of likely N-dealkylation sites (tertiary alicyclic amines) is 1. The van der Waals surface area contributed by atoms with Crippen LogP contribution in [0.15, 0.2) is 21.3 Å². The van der Waals surface area contributed by atoms with E-state index in [2.05, 4.69) is 6.07 Å². The standard InChI is InChI=1S/C22H24N2O4/c1-14-19(27-13-20(25)24-10-8-15(12-23)9-11-24)7-6-17-16-4-2-3-5-18(16)22(26)28-21(14)17/h6-7,15H,2-5,8-11,13H2,1H3. The van der Waals surface area contributed by atoms with Gasteiger partial charge in [0.2, 0.25) is 0 Å². The third-order valence-electron chi connectivity index (χ3n) is 5.97. The van der Waals surface area contributed by atoms with Crippen LogP contribution in [0.3, 0.4) is 0 Å². The summed E-state index contributed by atoms with van der Waals surface area (Å²) in [6, 6.07) is 6.07. The molecule has 28 heavy (non-hydrogen) atoms. The first-order valence-corrected chi connectivity index (χ1v) is 9.97. The quantitative estimate of drug-likeness (QED) is 0.764. The number of amides is 1. The van der Waals surface area contributed by atoms with E-state index in [4.69, 9.17) is 14.4 Å². The van der Waals surface area contributed by atoms with Crippen LogP contribution in [-0.4, -0.2) is 30.5 Å². The molecule has 2 aromatic rings. The second kappa shape index (κ2) is 7.67. The van der Waals surface area contributed by atoms with Gasteiger partial charge in [0.15, 0.2) is 6.61 Å². The number of rotatable bonds is 3. The van der Waals surface area contributed by atoms with Crippen molar-refractivity contribution >= 4 is 16.9 Å². The molecule has 0 atom stereocenters. The Hall–Kier alpha value is -2.81. The molecule has 1 aliphatic carbocycles. The van der Waals surface area contributed by atoms with Gasteiger partial charge in [-0.3, -0.25) is 4.79 Å². The number of piperidine rings is 1. The second-order valence-electron chi connectivity index (χ2n) is 7.69. The lowest BCUT2D eigenvalue weighted by atomic mass is 9.90. The Bertz CT molecular complexity index is 1010. The van der Waals surface area contributed by atoms with Gasteiger partial charge in [0.05, 0.1) is 6.07 Å². The van der Waals surface area contributed by atoms with Crippen molar-refractivity contribution in [3.63, 3.8) is 0 Å². The topological polar surface area (TPSA) is 83.5 Å². The molecule has 0 unspecified atom stereocenters. The van der Waals surface area contributed by atoms with Crippen molar-refractivity contribution in [3.8, 4) is 11.8 Å². The minimum atomic E-state index is -0.251. The number of carbonyl (C=O) groups excluding carboxylic acids is 1. The summed E-state index contributed by atoms with van der Waals surface area (Å²) in [4.78, 5) is 26.6. The van der Waals surface area contributed by atoms with Crippen LogP contribution in [0, 0.1) is 24.2 Å². The molecule has 2 aliphatic rings. The molecule has 1 saturated heterocycles. The molecular weight excluding hydrogens is 356 g/mol. The van der Waals surface area contributed by atoms with E-state index in [-0.39, 0.29) is 24.1 Å². The summed E-state index contributed by atoms with van der Waals surface area (Å²) in [5.41, 5.74) is 2.97. The number of aryl methyl sites for hydroxylation is 2. The molecule has 4 rings (SSSR count). The average molecular weight is 380 g/mol. The molecule has 6 heteroatoms. The number of hydrogen-bond donors (Lipinski definition) is 0. The van der Waals surface area contributed by atoms with Crippen LogP contribution < -0.4 is 10.4 Å². The highest BCUT2D eigenvalue weighted by molar-refractivity contribution is 5.86. The summed E-state index contributed by atoms with van der Waals surface area (Å²) in [6.07, 6.45) is 5.22. The van der Waals surface area contributed by atoms with E-state index < -0.39 is 0 Å². The molecule has 146 valence electrons. The average Bonchev–Trinajstić information content (AvgIpc) is 2.74. The van der Waals surface area contributed by atoms with Gasteiger partial charge < -0.3 is 14.1 Å². The molecule has 0 N–H and O–H groups in total. The number of hydrogen-bond acceptors (Lipinski definition) is 5. The Morgan fingerprint density at radius 3 is 2.68 bits per heavy atom. The summed E-state index contributed by atoms with van der Waals surface area (Å²) >= 11 is 0. The fraction of sp³-hybridized carbons (Fsp3) is 0.500. The fourth-order valence-corrected chi connectivity index (χ4v) is 4.27. The van der Waals surface area contributed by atoms with Crippen molar-refractivity contribution in [2.75, 3.05) is 19.7 Å². The number of benzene rings is 1. The smallest absolute Gasteiger partial charge is 0.339 e. The van der Waals surface area contributed by atoms with Crippen LogP contribution in [-0.2, 0) is 17.6 Å². The molecular formula is C22H24N2O4. The van der Waals surface area contributed by atoms with E-state index in [1.54, 1.807) is 4.90 Å². The van der Waals surface area contributed by atoms with Gasteiger partial charge in [0, 0.05) is 35.5 Å². The summed E-state index contributed by atoms with van der Waals surface area (Å²) in [6.45, 7) is 2.99. The van der Waals surface area contributed by atoms with Gasteiger partial charge in [0.1, 0.15) is 11.3 Å². The molecule has 0 bridgehead atoms. The van der Waals surface area contributed by atoms with Gasteiger partial charge in [-0.05, 0) is 63.1 Å². The Morgan fingerprint density at radius 1 is 1.25 bits per heavy atom. The molecule has 1 aromatic carbocycles. The lowest BCUT2D eigenvalue weighted by Gasteiger charge is -2.29. The van der Waals surface area contributed by atoms with Crippen LogP contribution in [0.5, 0.6) is 5.75 Å². The normalized spacial score (nSPS) is 17.2. The van der Waals surface area contributed by atoms with Gasteiger partial charge in [-0.25, -0.2) is 4.79 Å². The zero-order valence-corrected chi connectivity index (χ0v) is 16.1. The zero-order chi connectivity index (χ0) is 19.7. The van der Waals surface area contributed by atoms with Crippen LogP contribution in [0.4, 0.5) is 0 Å². The van der Waals surface area contributed by atoms with E-state index in [1.807, 2.05) is 19.1 Å². The van der Waals surface area contributed by atoms with Gasteiger partial charge >= 0.3 is 5.63 Å². The van der Waals surface area contributed by atoms with Crippen molar-refractivity contribution in [1.29, 1.82) is 5.26 Å². The lowest BCUT2D eigenvalue weighted by Crippen LogP contribution is -2.40. The highest BCUT2D eigenvalue weighted by Gasteiger charge is 2.24. The van der Waals surface area contributed by atoms with E-state index in [0.29, 0.717) is 37.3 Å². The minimum absolute atomic E-state index is 0.0431. The molecule has 0 spiro atoms. The van der Waals surface area contributed by atoms with Gasteiger partial charge in [-0.15, -0.1) is 0 Å². The highest BCUT2D eigenvalue weighted by atomic mass is 16.5. The predicted molar refractivity (Wildman–Crippen MR) is 104 cm³/mol. The maximum Gasteiger partial charge on any atom is 0.339 e. The Balaban J connectivity index is 1.52. The van der Waals surface area contributed by atoms with Crippen molar-refractivity contribution in [3.05, 3.63) is 39.2 Å². The Morgan fingerprint density at radius 2 is 1.96 bits per heavy atom. The fourth-order valence-electron chi connectivity index (χ4n) is 4.27. The number of fused-ring (bicyclic) bond motifs is 3. The second-order valence-corrected chi connectivity index (χ2v) is 7.69. The number of carbonyl (C=O) groups is 1. The molecule has 6 nitrogen and oxygen atoms in total. The number of ether oxygens (including phenoxy) is 1. The molecule has 2 heterocycles. The van der Waals surface area contributed by atoms with E-state index in [1.165, 1.54) is 0 Å². The maximum absolute atomic E-state index is 12.4. The van der Waals surface area contributed by atoms with Crippen molar-refractivity contribution in [2.24, 2.45) is 5.92 Å². The van der Waals surface area contributed by atoms with Crippen LogP contribution in [0.2, 0.25) is 0 Å². The van der Waals surface area contributed by atoms with Gasteiger partial charge in [0.25, 0.3) is 5.91 Å². The SMILES string of the molecule is Cc1c(OCC(=O)N2CCC(C#N)CC2)ccc2c3c(c(=O)oc12)CCCC3. The third-order valence-corrected chi connectivity index (χ3v) is 5.97. The number of nitrogens with zero attached hydrogens (tertiary/aromatic N) is 2. The molecule has 0 saturated carbocycles. The lowest BCUT2D eigenvalue weighted by molar-refractivity contribution is -0.134. The van der Waals surface area contributed by atoms with Crippen LogP contribution in [0.25, 0.3) is 11.0 Å². The minimum Gasteiger partial charge on any atom is -0.483 e. The highest BCUT2D eigenvalue weighted by Crippen LogP contribution is 2.32. The van der Waals surface area contributed by atoms with Crippen LogP contribution >= 0.6 is 0 Å². The first-order valence-electron chi connectivity index (χ1n) is 9.97. The first-order chi connectivity index (χ1) is 13.6. The van der Waals surface area contributed by atoms with Crippen molar-refractivity contribution < 1.29 is 13.9 Å². The van der Waals surface area contributed by atoms with E-state index in [0.717, 1.165) is 47.8 Å². The first kappa shape index (κ1) is 18.5. The molecule has 1 fully saturated rings. The molecule has 1 aliphatic heterocycles. The zero-order valence-electron chi connectivity index (χ0n) is 16.1. The van der Waals surface area contributed by atoms with E-state index in [9.17, 15) is 9.59 Å². The predicted octanol–water partition coefficient (Wildman–Crippen LogP) is 3.12. The van der Waals surface area contributed by atoms with Crippen LogP contribution in [0.1, 0.15) is 42.4 Å². The third kappa shape index (κ3) is 3.37. The Labute approximate surface area is 163 Å². The number of nitriles is 1.